The van der Waals surface area contributed by atoms with Crippen molar-refractivity contribution < 1.29 is 9.84 Å². The maximum absolute atomic E-state index is 10.8. The van der Waals surface area contributed by atoms with Crippen molar-refractivity contribution in [2.75, 3.05) is 45.9 Å². The van der Waals surface area contributed by atoms with Crippen LogP contribution >= 0.6 is 22.7 Å². The number of aryl methyl sites for hydroxylation is 1. The summed E-state index contributed by atoms with van der Waals surface area (Å²) >= 11 is 3.40. The van der Waals surface area contributed by atoms with E-state index in [-0.39, 0.29) is 6.04 Å². The van der Waals surface area contributed by atoms with Crippen molar-refractivity contribution in [3.63, 3.8) is 0 Å². The number of morpholine rings is 1. The number of ether oxygens (including phenoxy) is 1. The van der Waals surface area contributed by atoms with Gasteiger partial charge in [-0.2, -0.15) is 0 Å². The lowest BCUT2D eigenvalue weighted by Crippen LogP contribution is -2.46. The molecule has 1 aliphatic heterocycles. The Hall–Kier alpha value is -1.45. The molecule has 0 radical (unpaired) electrons. The second-order valence-corrected chi connectivity index (χ2v) is 9.71. The van der Waals surface area contributed by atoms with Crippen molar-refractivity contribution in [2.45, 2.75) is 32.4 Å². The molecule has 0 amide bonds. The van der Waals surface area contributed by atoms with Gasteiger partial charge in [0.15, 0.2) is 5.96 Å². The minimum absolute atomic E-state index is 0.277. The molecule has 2 atom stereocenters. The van der Waals surface area contributed by atoms with E-state index in [0.29, 0.717) is 6.54 Å². The zero-order valence-electron chi connectivity index (χ0n) is 17.5. The van der Waals surface area contributed by atoms with Crippen LogP contribution in [0, 0.1) is 6.92 Å². The fourth-order valence-corrected chi connectivity index (χ4v) is 5.15. The van der Waals surface area contributed by atoms with Crippen molar-refractivity contribution in [1.29, 1.82) is 0 Å². The molecule has 1 aliphatic rings. The third-order valence-electron chi connectivity index (χ3n) is 4.98. The molecule has 2 aromatic rings. The largest absolute Gasteiger partial charge is 0.383 e. The molecule has 3 heterocycles. The normalized spacial score (nSPS) is 19.0. The van der Waals surface area contributed by atoms with Crippen LogP contribution in [0.15, 0.2) is 34.6 Å². The van der Waals surface area contributed by atoms with E-state index in [4.69, 9.17) is 4.74 Å². The molecule has 0 bridgehead atoms. The minimum atomic E-state index is -0.967. The summed E-state index contributed by atoms with van der Waals surface area (Å²) in [6.07, 6.45) is 0. The molecule has 1 saturated heterocycles. The van der Waals surface area contributed by atoms with Gasteiger partial charge in [0, 0.05) is 40.8 Å². The highest BCUT2D eigenvalue weighted by molar-refractivity contribution is 7.12. The summed E-state index contributed by atoms with van der Waals surface area (Å²) in [5.41, 5.74) is -0.967. The van der Waals surface area contributed by atoms with Gasteiger partial charge in [0.25, 0.3) is 0 Å². The van der Waals surface area contributed by atoms with E-state index in [2.05, 4.69) is 46.5 Å². The zero-order valence-corrected chi connectivity index (χ0v) is 19.1. The highest BCUT2D eigenvalue weighted by atomic mass is 32.1. The molecule has 160 valence electrons. The summed E-state index contributed by atoms with van der Waals surface area (Å²) in [4.78, 5) is 10.8. The van der Waals surface area contributed by atoms with Gasteiger partial charge in [-0.3, -0.25) is 4.90 Å². The lowest BCUT2D eigenvalue weighted by atomic mass is 10.1. The summed E-state index contributed by atoms with van der Waals surface area (Å²) in [6.45, 7) is 11.3. The monoisotopic (exact) mass is 436 g/mol. The molecule has 0 aromatic carbocycles. The highest BCUT2D eigenvalue weighted by Crippen LogP contribution is 2.28. The Morgan fingerprint density at radius 3 is 2.72 bits per heavy atom. The van der Waals surface area contributed by atoms with Gasteiger partial charge in [-0.05, 0) is 44.4 Å². The first kappa shape index (κ1) is 22.2. The van der Waals surface area contributed by atoms with Crippen LogP contribution in [-0.4, -0.2) is 61.9 Å². The fourth-order valence-electron chi connectivity index (χ4n) is 3.36. The van der Waals surface area contributed by atoms with Gasteiger partial charge in [0.2, 0.25) is 0 Å². The van der Waals surface area contributed by atoms with Gasteiger partial charge in [0.05, 0.1) is 25.8 Å². The summed E-state index contributed by atoms with van der Waals surface area (Å²) in [5.74, 6) is 0.732. The lowest BCUT2D eigenvalue weighted by molar-refractivity contribution is 0.0177. The van der Waals surface area contributed by atoms with Gasteiger partial charge in [-0.25, -0.2) is 4.99 Å². The Morgan fingerprint density at radius 2 is 2.10 bits per heavy atom. The van der Waals surface area contributed by atoms with Crippen molar-refractivity contribution >= 4 is 28.6 Å². The summed E-state index contributed by atoms with van der Waals surface area (Å²) in [7, 11) is 0. The topological polar surface area (TPSA) is 69.1 Å². The molecule has 3 N–H and O–H groups in total. The Balaban J connectivity index is 1.68. The number of aliphatic hydroxyl groups is 1. The Kier molecular flexibility index (Phi) is 8.08. The van der Waals surface area contributed by atoms with E-state index in [1.165, 1.54) is 9.75 Å². The molecule has 2 unspecified atom stereocenters. The number of nitrogens with one attached hydrogen (secondary N) is 2. The maximum atomic E-state index is 10.8. The first-order valence-corrected chi connectivity index (χ1v) is 11.9. The van der Waals surface area contributed by atoms with Crippen LogP contribution in [0.3, 0.4) is 0 Å². The summed E-state index contributed by atoms with van der Waals surface area (Å²) in [5, 5.41) is 19.6. The van der Waals surface area contributed by atoms with Crippen LogP contribution in [0.2, 0.25) is 0 Å². The van der Waals surface area contributed by atoms with Crippen LogP contribution in [0.1, 0.15) is 34.5 Å². The minimum Gasteiger partial charge on any atom is -0.383 e. The van der Waals surface area contributed by atoms with E-state index in [0.717, 1.165) is 50.2 Å². The Labute approximate surface area is 181 Å². The Bertz CT molecular complexity index is 768. The first-order valence-electron chi connectivity index (χ1n) is 10.2. The average Bonchev–Trinajstić information content (AvgIpc) is 3.40. The molecule has 0 aliphatic carbocycles. The van der Waals surface area contributed by atoms with E-state index < -0.39 is 5.60 Å². The predicted molar refractivity (Wildman–Crippen MR) is 122 cm³/mol. The number of rotatable bonds is 8. The average molecular weight is 437 g/mol. The summed E-state index contributed by atoms with van der Waals surface area (Å²) in [6, 6.07) is 8.60. The predicted octanol–water partition coefficient (Wildman–Crippen LogP) is 2.95. The maximum Gasteiger partial charge on any atom is 0.191 e. The Morgan fingerprint density at radius 1 is 1.31 bits per heavy atom. The number of guanidine groups is 1. The number of hydrogen-bond donors (Lipinski definition) is 3. The molecule has 8 heteroatoms. The van der Waals surface area contributed by atoms with Crippen LogP contribution in [0.4, 0.5) is 0 Å². The molecular weight excluding hydrogens is 404 g/mol. The zero-order chi connectivity index (χ0) is 20.7. The molecular formula is C21H32N4O2S2. The van der Waals surface area contributed by atoms with Gasteiger partial charge >= 0.3 is 0 Å². The SMILES string of the molecule is CCNC(=NCC(C)(O)c1cccs1)NCC(c1ccc(C)s1)N1CCOCC1. The molecule has 3 rings (SSSR count). The van der Waals surface area contributed by atoms with Gasteiger partial charge in [-0.15, -0.1) is 22.7 Å². The molecule has 29 heavy (non-hydrogen) atoms. The third kappa shape index (κ3) is 6.26. The quantitative estimate of drug-likeness (QED) is 0.438. The van der Waals surface area contributed by atoms with Crippen LogP contribution in [0.5, 0.6) is 0 Å². The molecule has 0 saturated carbocycles. The fraction of sp³-hybridized carbons (Fsp3) is 0.571. The van der Waals surface area contributed by atoms with E-state index >= 15 is 0 Å². The third-order valence-corrected chi connectivity index (χ3v) is 7.21. The van der Waals surface area contributed by atoms with Crippen molar-refractivity contribution in [1.82, 2.24) is 15.5 Å². The van der Waals surface area contributed by atoms with Crippen molar-refractivity contribution in [3.05, 3.63) is 44.3 Å². The number of thiophene rings is 2. The van der Waals surface area contributed by atoms with E-state index in [1.54, 1.807) is 11.3 Å². The molecule has 6 nitrogen and oxygen atoms in total. The standard InChI is InChI=1S/C21H32N4O2S2/c1-4-22-20(24-15-21(3,26)19-6-5-13-28-19)23-14-17(18-8-7-16(2)29-18)25-9-11-27-12-10-25/h5-8,13,17,26H,4,9-12,14-15H2,1-3H3,(H2,22,23,24). The van der Waals surface area contributed by atoms with Gasteiger partial charge < -0.3 is 20.5 Å². The van der Waals surface area contributed by atoms with Crippen LogP contribution in [-0.2, 0) is 10.3 Å². The van der Waals surface area contributed by atoms with Gasteiger partial charge in [0.1, 0.15) is 5.60 Å². The highest BCUT2D eigenvalue weighted by Gasteiger charge is 2.26. The molecule has 0 spiro atoms. The van der Waals surface area contributed by atoms with Crippen molar-refractivity contribution in [2.24, 2.45) is 4.99 Å². The first-order chi connectivity index (χ1) is 14.0. The second-order valence-electron chi connectivity index (χ2n) is 7.44. The molecule has 2 aromatic heterocycles. The number of aliphatic imine (C=N–C) groups is 1. The number of hydrogen-bond acceptors (Lipinski definition) is 6. The summed E-state index contributed by atoms with van der Waals surface area (Å²) < 4.78 is 5.54. The van der Waals surface area contributed by atoms with E-state index in [9.17, 15) is 5.11 Å². The number of nitrogens with zero attached hydrogens (tertiary/aromatic N) is 2. The van der Waals surface area contributed by atoms with E-state index in [1.807, 2.05) is 35.8 Å². The lowest BCUT2D eigenvalue weighted by Gasteiger charge is -2.34. The van der Waals surface area contributed by atoms with Crippen molar-refractivity contribution in [3.8, 4) is 0 Å². The molecule has 1 fully saturated rings. The van der Waals surface area contributed by atoms with Crippen LogP contribution in [0.25, 0.3) is 0 Å². The second kappa shape index (κ2) is 10.5. The smallest absolute Gasteiger partial charge is 0.191 e. The van der Waals surface area contributed by atoms with Gasteiger partial charge in [-0.1, -0.05) is 6.07 Å². The van der Waals surface area contributed by atoms with Crippen LogP contribution < -0.4 is 10.6 Å².